The summed E-state index contributed by atoms with van der Waals surface area (Å²) in [6.07, 6.45) is 4.91. The predicted octanol–water partition coefficient (Wildman–Crippen LogP) is 3.26. The monoisotopic (exact) mass is 463 g/mol. The van der Waals surface area contributed by atoms with Crippen LogP contribution in [-0.4, -0.2) is 55.9 Å². The number of hydrogen-bond acceptors (Lipinski definition) is 10. The van der Waals surface area contributed by atoms with Crippen molar-refractivity contribution in [1.29, 1.82) is 0 Å². The number of methoxy groups -OCH3 is 1. The molecule has 0 radical (unpaired) electrons. The first-order valence-electron chi connectivity index (χ1n) is 11.0. The number of nitrogens with zero attached hydrogens (tertiary/aromatic N) is 5. The molecular weight excluding hydrogens is 434 g/mol. The van der Waals surface area contributed by atoms with Crippen molar-refractivity contribution in [3.8, 4) is 34.1 Å². The molecule has 2 aromatic heterocycles. The van der Waals surface area contributed by atoms with E-state index in [0.29, 0.717) is 41.0 Å². The lowest BCUT2D eigenvalue weighted by Gasteiger charge is -2.46. The Kier molecular flexibility index (Phi) is 6.43. The van der Waals surface area contributed by atoms with Crippen LogP contribution in [0.15, 0.2) is 36.8 Å². The summed E-state index contributed by atoms with van der Waals surface area (Å²) in [7, 11) is 1.53. The second kappa shape index (κ2) is 9.30. The van der Waals surface area contributed by atoms with Crippen LogP contribution >= 0.6 is 0 Å². The average molecular weight is 464 g/mol. The van der Waals surface area contributed by atoms with Crippen LogP contribution in [0.2, 0.25) is 0 Å². The van der Waals surface area contributed by atoms with E-state index in [2.05, 4.69) is 63.5 Å². The largest absolute Gasteiger partial charge is 0.481 e. The zero-order valence-corrected chi connectivity index (χ0v) is 20.0. The summed E-state index contributed by atoms with van der Waals surface area (Å²) in [5, 5.41) is 15.7. The van der Waals surface area contributed by atoms with Crippen molar-refractivity contribution in [2.45, 2.75) is 57.7 Å². The molecule has 0 atom stereocenters. The zero-order chi connectivity index (χ0) is 24.3. The van der Waals surface area contributed by atoms with Crippen molar-refractivity contribution < 1.29 is 14.3 Å². The van der Waals surface area contributed by atoms with E-state index >= 15 is 0 Å². The number of anilines is 1. The highest BCUT2D eigenvalue weighted by Crippen LogP contribution is 2.33. The standard InChI is InChI=1S/C24H29N7O3/c1-23(2)10-16(11-24(3,4)31-23)28-22-25-12-19(29-30-22)17-7-6-15(8-20(17)34-14-32)18-9-21(33-5)27-13-26-18/h6-9,12-14,16,31H,10-11H2,1-5H3,(H,25,28,30). The molecule has 34 heavy (non-hydrogen) atoms. The van der Waals surface area contributed by atoms with Gasteiger partial charge < -0.3 is 20.1 Å². The average Bonchev–Trinajstić information content (AvgIpc) is 2.78. The molecule has 1 aliphatic heterocycles. The van der Waals surface area contributed by atoms with Gasteiger partial charge in [-0.25, -0.2) is 15.0 Å². The smallest absolute Gasteiger partial charge is 0.298 e. The van der Waals surface area contributed by atoms with Gasteiger partial charge in [0.2, 0.25) is 11.8 Å². The second-order valence-corrected chi connectivity index (χ2v) is 9.68. The number of aromatic nitrogens is 5. The minimum absolute atomic E-state index is 0.00327. The minimum Gasteiger partial charge on any atom is -0.481 e. The molecule has 0 bridgehead atoms. The van der Waals surface area contributed by atoms with E-state index in [1.807, 2.05) is 6.07 Å². The Balaban J connectivity index is 1.56. The van der Waals surface area contributed by atoms with Crippen LogP contribution in [0.25, 0.3) is 22.5 Å². The Morgan fingerprint density at radius 1 is 1.03 bits per heavy atom. The Hall–Kier alpha value is -3.66. The molecule has 0 saturated carbocycles. The van der Waals surface area contributed by atoms with Crippen molar-refractivity contribution in [3.63, 3.8) is 0 Å². The minimum atomic E-state index is 0.00327. The highest BCUT2D eigenvalue weighted by atomic mass is 16.5. The fraction of sp³-hybridized carbons (Fsp3) is 0.417. The summed E-state index contributed by atoms with van der Waals surface area (Å²) >= 11 is 0. The lowest BCUT2D eigenvalue weighted by Crippen LogP contribution is -2.60. The highest BCUT2D eigenvalue weighted by Gasteiger charge is 2.37. The van der Waals surface area contributed by atoms with E-state index in [-0.39, 0.29) is 17.1 Å². The zero-order valence-electron chi connectivity index (χ0n) is 20.0. The molecule has 178 valence electrons. The number of carbonyl (C=O) groups is 1. The van der Waals surface area contributed by atoms with Crippen LogP contribution in [0, 0.1) is 0 Å². The first kappa shape index (κ1) is 23.5. The van der Waals surface area contributed by atoms with E-state index in [9.17, 15) is 4.79 Å². The molecule has 3 aromatic rings. The topological polar surface area (TPSA) is 124 Å². The number of benzene rings is 1. The van der Waals surface area contributed by atoms with Gasteiger partial charge in [0, 0.05) is 34.3 Å². The van der Waals surface area contributed by atoms with Crippen molar-refractivity contribution >= 4 is 12.4 Å². The Morgan fingerprint density at radius 3 is 2.44 bits per heavy atom. The molecule has 2 N–H and O–H groups in total. The number of rotatable bonds is 7. The molecular formula is C24H29N7O3. The molecule has 4 rings (SSSR count). The summed E-state index contributed by atoms with van der Waals surface area (Å²) in [5.74, 6) is 1.22. The number of hydrogen-bond donors (Lipinski definition) is 2. The van der Waals surface area contributed by atoms with Crippen LogP contribution in [-0.2, 0) is 4.79 Å². The summed E-state index contributed by atoms with van der Waals surface area (Å²) in [5.41, 5.74) is 2.45. The SMILES string of the molecule is COc1cc(-c2ccc(-c3cnc(NC4CC(C)(C)NC(C)(C)C4)nn3)c(OC=O)c2)ncn1. The van der Waals surface area contributed by atoms with Gasteiger partial charge in [-0.3, -0.25) is 4.79 Å². The molecule has 0 aliphatic carbocycles. The van der Waals surface area contributed by atoms with Gasteiger partial charge in [0.1, 0.15) is 17.8 Å². The quantitative estimate of drug-likeness (QED) is 0.505. The van der Waals surface area contributed by atoms with E-state index < -0.39 is 0 Å². The fourth-order valence-electron chi connectivity index (χ4n) is 4.72. The lowest BCUT2D eigenvalue weighted by molar-refractivity contribution is -0.120. The third kappa shape index (κ3) is 5.45. The molecule has 1 saturated heterocycles. The first-order chi connectivity index (χ1) is 16.2. The summed E-state index contributed by atoms with van der Waals surface area (Å²) < 4.78 is 10.4. The highest BCUT2D eigenvalue weighted by molar-refractivity contribution is 5.74. The van der Waals surface area contributed by atoms with E-state index in [1.165, 1.54) is 13.4 Å². The number of ether oxygens (including phenoxy) is 2. The van der Waals surface area contributed by atoms with Crippen molar-refractivity contribution in [1.82, 2.24) is 30.5 Å². The van der Waals surface area contributed by atoms with Gasteiger partial charge >= 0.3 is 0 Å². The van der Waals surface area contributed by atoms with Crippen molar-refractivity contribution in [3.05, 3.63) is 36.8 Å². The normalized spacial score (nSPS) is 17.1. The lowest BCUT2D eigenvalue weighted by atomic mass is 9.80. The molecule has 0 unspecified atom stereocenters. The summed E-state index contributed by atoms with van der Waals surface area (Å²) in [6, 6.07) is 7.27. The van der Waals surface area contributed by atoms with Gasteiger partial charge in [-0.05, 0) is 52.7 Å². The Morgan fingerprint density at radius 2 is 1.79 bits per heavy atom. The Bertz CT molecular complexity index is 1150. The molecule has 10 heteroatoms. The number of piperidine rings is 1. The number of nitrogens with one attached hydrogen (secondary N) is 2. The first-order valence-corrected chi connectivity index (χ1v) is 11.0. The molecule has 1 aromatic carbocycles. The van der Waals surface area contributed by atoms with Gasteiger partial charge in [0.15, 0.2) is 0 Å². The predicted molar refractivity (Wildman–Crippen MR) is 127 cm³/mol. The third-order valence-corrected chi connectivity index (χ3v) is 5.66. The van der Waals surface area contributed by atoms with E-state index in [0.717, 1.165) is 18.4 Å². The van der Waals surface area contributed by atoms with Crippen LogP contribution in [0.3, 0.4) is 0 Å². The van der Waals surface area contributed by atoms with Crippen LogP contribution in [0.4, 0.5) is 5.95 Å². The van der Waals surface area contributed by atoms with Crippen LogP contribution < -0.4 is 20.1 Å². The summed E-state index contributed by atoms with van der Waals surface area (Å²) in [4.78, 5) is 23.9. The molecule has 1 aliphatic rings. The van der Waals surface area contributed by atoms with Gasteiger partial charge in [-0.15, -0.1) is 10.2 Å². The van der Waals surface area contributed by atoms with Crippen molar-refractivity contribution in [2.24, 2.45) is 0 Å². The summed E-state index contributed by atoms with van der Waals surface area (Å²) in [6.45, 7) is 9.16. The maximum atomic E-state index is 11.2. The Labute approximate surface area is 198 Å². The van der Waals surface area contributed by atoms with E-state index in [1.54, 1.807) is 24.4 Å². The van der Waals surface area contributed by atoms with Crippen molar-refractivity contribution in [2.75, 3.05) is 12.4 Å². The fourth-order valence-corrected chi connectivity index (χ4v) is 4.72. The number of carbonyl (C=O) groups excluding carboxylic acids is 1. The van der Waals surface area contributed by atoms with Gasteiger partial charge in [0.25, 0.3) is 6.47 Å². The third-order valence-electron chi connectivity index (χ3n) is 5.66. The van der Waals surface area contributed by atoms with Crippen LogP contribution in [0.1, 0.15) is 40.5 Å². The molecule has 10 nitrogen and oxygen atoms in total. The maximum absolute atomic E-state index is 11.2. The molecule has 0 amide bonds. The maximum Gasteiger partial charge on any atom is 0.298 e. The second-order valence-electron chi connectivity index (χ2n) is 9.68. The molecule has 0 spiro atoms. The van der Waals surface area contributed by atoms with E-state index in [4.69, 9.17) is 9.47 Å². The molecule has 3 heterocycles. The van der Waals surface area contributed by atoms with Crippen LogP contribution in [0.5, 0.6) is 11.6 Å². The van der Waals surface area contributed by atoms with Gasteiger partial charge in [-0.2, -0.15) is 0 Å². The molecule has 1 fully saturated rings. The van der Waals surface area contributed by atoms with Gasteiger partial charge in [-0.1, -0.05) is 6.07 Å². The van der Waals surface area contributed by atoms with Gasteiger partial charge in [0.05, 0.1) is 19.0 Å².